The highest BCUT2D eigenvalue weighted by Gasteiger charge is 2.13. The van der Waals surface area contributed by atoms with Crippen LogP contribution in [0.3, 0.4) is 0 Å². The second kappa shape index (κ2) is 5.04. The average Bonchev–Trinajstić information content (AvgIpc) is 2.34. The van der Waals surface area contributed by atoms with Crippen LogP contribution < -0.4 is 5.56 Å². The van der Waals surface area contributed by atoms with Gasteiger partial charge in [0.25, 0.3) is 5.56 Å². The number of benzene rings is 1. The lowest BCUT2D eigenvalue weighted by atomic mass is 10.2. The summed E-state index contributed by atoms with van der Waals surface area (Å²) >= 11 is 11.2. The molecule has 0 unspecified atom stereocenters. The van der Waals surface area contributed by atoms with Crippen molar-refractivity contribution in [3.63, 3.8) is 0 Å². The van der Waals surface area contributed by atoms with Crippen molar-refractivity contribution in [2.45, 2.75) is 6.54 Å². The molecule has 0 spiro atoms. The Morgan fingerprint density at radius 1 is 1.22 bits per heavy atom. The molecule has 0 aliphatic heterocycles. The van der Waals surface area contributed by atoms with Gasteiger partial charge >= 0.3 is 0 Å². The molecule has 1 heterocycles. The first-order valence-corrected chi connectivity index (χ1v) is 5.60. The van der Waals surface area contributed by atoms with E-state index in [1.807, 2.05) is 0 Å². The van der Waals surface area contributed by atoms with Crippen molar-refractivity contribution < 1.29 is 8.78 Å². The van der Waals surface area contributed by atoms with Crippen LogP contribution in [0, 0.1) is 11.6 Å². The Morgan fingerprint density at radius 3 is 2.44 bits per heavy atom. The van der Waals surface area contributed by atoms with Gasteiger partial charge in [-0.2, -0.15) is 5.10 Å². The number of nitrogens with zero attached hydrogens (tertiary/aromatic N) is 2. The first kappa shape index (κ1) is 13.0. The van der Waals surface area contributed by atoms with Crippen molar-refractivity contribution in [1.82, 2.24) is 9.78 Å². The number of hydrogen-bond donors (Lipinski definition) is 0. The van der Waals surface area contributed by atoms with E-state index >= 15 is 0 Å². The maximum absolute atomic E-state index is 13.4. The third-order valence-electron chi connectivity index (χ3n) is 2.31. The Labute approximate surface area is 111 Å². The summed E-state index contributed by atoms with van der Waals surface area (Å²) in [7, 11) is 0. The van der Waals surface area contributed by atoms with Gasteiger partial charge in [0.05, 0.1) is 17.8 Å². The van der Waals surface area contributed by atoms with E-state index in [0.29, 0.717) is 0 Å². The largest absolute Gasteiger partial charge is 0.287 e. The van der Waals surface area contributed by atoms with Gasteiger partial charge in [-0.3, -0.25) is 4.79 Å². The molecule has 94 valence electrons. The summed E-state index contributed by atoms with van der Waals surface area (Å²) < 4.78 is 27.7. The van der Waals surface area contributed by atoms with Gasteiger partial charge in [0.2, 0.25) is 0 Å². The van der Waals surface area contributed by atoms with Gasteiger partial charge in [-0.05, 0) is 12.1 Å². The Bertz CT molecular complexity index is 638. The second-order valence-electron chi connectivity index (χ2n) is 3.47. The summed E-state index contributed by atoms with van der Waals surface area (Å²) in [6.07, 6.45) is 1.14. The SMILES string of the molecule is O=c1c(Cl)c(Cl)cnn1Cc1c(F)cccc1F. The Hall–Kier alpha value is -1.46. The standard InChI is InChI=1S/C11H6Cl2F2N2O/c12-7-4-16-17(11(18)10(7)13)5-6-8(14)2-1-3-9(6)15/h1-4H,5H2. The van der Waals surface area contributed by atoms with Gasteiger partial charge < -0.3 is 0 Å². The molecule has 3 nitrogen and oxygen atoms in total. The Balaban J connectivity index is 2.47. The molecule has 1 aromatic carbocycles. The molecule has 7 heteroatoms. The predicted molar refractivity (Wildman–Crippen MR) is 64.0 cm³/mol. The monoisotopic (exact) mass is 290 g/mol. The van der Waals surface area contributed by atoms with Crippen LogP contribution in [0.25, 0.3) is 0 Å². The molecule has 2 aromatic rings. The minimum absolute atomic E-state index is 0.00748. The van der Waals surface area contributed by atoms with Crippen molar-refractivity contribution >= 4 is 23.2 Å². The second-order valence-corrected chi connectivity index (χ2v) is 4.25. The van der Waals surface area contributed by atoms with Crippen molar-refractivity contribution in [3.05, 3.63) is 62.0 Å². The van der Waals surface area contributed by atoms with Crippen molar-refractivity contribution in [2.75, 3.05) is 0 Å². The summed E-state index contributed by atoms with van der Waals surface area (Å²) in [5.41, 5.74) is -0.961. The number of rotatable bonds is 2. The van der Waals surface area contributed by atoms with Crippen LogP contribution in [-0.4, -0.2) is 9.78 Å². The zero-order valence-electron chi connectivity index (χ0n) is 8.83. The molecule has 0 aliphatic rings. The molecule has 0 atom stereocenters. The first-order valence-electron chi connectivity index (χ1n) is 4.84. The molecule has 0 fully saturated rings. The molecule has 0 saturated carbocycles. The van der Waals surface area contributed by atoms with Crippen molar-refractivity contribution in [3.8, 4) is 0 Å². The lowest BCUT2D eigenvalue weighted by Crippen LogP contribution is -2.24. The van der Waals surface area contributed by atoms with Gasteiger partial charge in [0.15, 0.2) is 0 Å². The molecule has 0 radical (unpaired) electrons. The summed E-state index contributed by atoms with van der Waals surface area (Å²) in [6.45, 7) is -0.353. The fourth-order valence-corrected chi connectivity index (χ4v) is 1.66. The molecule has 0 amide bonds. The van der Waals surface area contributed by atoms with Crippen LogP contribution >= 0.6 is 23.2 Å². The van der Waals surface area contributed by atoms with Gasteiger partial charge in [-0.15, -0.1) is 0 Å². The normalized spacial score (nSPS) is 10.7. The maximum Gasteiger partial charge on any atom is 0.287 e. The van der Waals surface area contributed by atoms with E-state index in [1.165, 1.54) is 6.07 Å². The summed E-state index contributed by atoms with van der Waals surface area (Å²) in [4.78, 5) is 11.7. The van der Waals surface area contributed by atoms with Crippen LogP contribution in [-0.2, 0) is 6.54 Å². The highest BCUT2D eigenvalue weighted by Crippen LogP contribution is 2.16. The van der Waals surface area contributed by atoms with Gasteiger partial charge in [-0.25, -0.2) is 13.5 Å². The third-order valence-corrected chi connectivity index (χ3v) is 3.06. The molecule has 0 bridgehead atoms. The van der Waals surface area contributed by atoms with E-state index in [-0.39, 0.29) is 22.2 Å². The minimum Gasteiger partial charge on any atom is -0.266 e. The van der Waals surface area contributed by atoms with E-state index in [9.17, 15) is 13.6 Å². The van der Waals surface area contributed by atoms with E-state index < -0.39 is 17.2 Å². The molecule has 1 aromatic heterocycles. The van der Waals surface area contributed by atoms with E-state index in [1.54, 1.807) is 0 Å². The predicted octanol–water partition coefficient (Wildman–Crippen LogP) is 2.88. The van der Waals surface area contributed by atoms with Gasteiger partial charge in [-0.1, -0.05) is 29.3 Å². The van der Waals surface area contributed by atoms with Crippen LogP contribution in [0.4, 0.5) is 8.78 Å². The zero-order valence-corrected chi connectivity index (χ0v) is 10.3. The molecule has 18 heavy (non-hydrogen) atoms. The molecule has 0 N–H and O–H groups in total. The fraction of sp³-hybridized carbons (Fsp3) is 0.0909. The molecular formula is C11H6Cl2F2N2O. The zero-order chi connectivity index (χ0) is 13.3. The quantitative estimate of drug-likeness (QED) is 0.852. The average molecular weight is 291 g/mol. The van der Waals surface area contributed by atoms with E-state index in [0.717, 1.165) is 23.0 Å². The summed E-state index contributed by atoms with van der Waals surface area (Å²) in [6, 6.07) is 3.43. The Kier molecular flexibility index (Phi) is 3.63. The molecular weight excluding hydrogens is 285 g/mol. The highest BCUT2D eigenvalue weighted by molar-refractivity contribution is 6.41. The molecule has 0 saturated heterocycles. The number of aromatic nitrogens is 2. The smallest absolute Gasteiger partial charge is 0.266 e. The van der Waals surface area contributed by atoms with Crippen molar-refractivity contribution in [1.29, 1.82) is 0 Å². The van der Waals surface area contributed by atoms with E-state index in [4.69, 9.17) is 23.2 Å². The third kappa shape index (κ3) is 2.37. The lowest BCUT2D eigenvalue weighted by molar-refractivity contribution is 0.524. The van der Waals surface area contributed by atoms with E-state index in [2.05, 4.69) is 5.10 Å². The van der Waals surface area contributed by atoms with Crippen molar-refractivity contribution in [2.24, 2.45) is 0 Å². The topological polar surface area (TPSA) is 34.9 Å². The van der Waals surface area contributed by atoms with Crippen LogP contribution in [0.1, 0.15) is 5.56 Å². The highest BCUT2D eigenvalue weighted by atomic mass is 35.5. The van der Waals surface area contributed by atoms with Gasteiger partial charge in [0.1, 0.15) is 16.7 Å². The molecule has 0 aliphatic carbocycles. The molecule has 2 rings (SSSR count). The summed E-state index contributed by atoms with van der Waals surface area (Å²) in [5.74, 6) is -1.51. The van der Waals surface area contributed by atoms with Crippen LogP contribution in [0.2, 0.25) is 10.0 Å². The number of hydrogen-bond acceptors (Lipinski definition) is 2. The lowest BCUT2D eigenvalue weighted by Gasteiger charge is -2.07. The van der Waals surface area contributed by atoms with Crippen LogP contribution in [0.5, 0.6) is 0 Å². The first-order chi connectivity index (χ1) is 8.50. The minimum atomic E-state index is -0.755. The maximum atomic E-state index is 13.4. The van der Waals surface area contributed by atoms with Crippen LogP contribution in [0.15, 0.2) is 29.2 Å². The number of halogens is 4. The fourth-order valence-electron chi connectivity index (χ4n) is 1.39. The van der Waals surface area contributed by atoms with Gasteiger partial charge in [0, 0.05) is 5.56 Å². The summed E-state index contributed by atoms with van der Waals surface area (Å²) in [5, 5.41) is 3.43. The Morgan fingerprint density at radius 2 is 1.83 bits per heavy atom.